The van der Waals surface area contributed by atoms with Crippen LogP contribution in [0.15, 0.2) is 29.2 Å². The summed E-state index contributed by atoms with van der Waals surface area (Å²) in [7, 11) is -0.697. The molecule has 1 atom stereocenters. The Labute approximate surface area is 160 Å². The van der Waals surface area contributed by atoms with Crippen LogP contribution in [0.4, 0.5) is 0 Å². The van der Waals surface area contributed by atoms with E-state index >= 15 is 0 Å². The molecule has 1 aliphatic rings. The Morgan fingerprint density at radius 1 is 1.23 bits per heavy atom. The molecule has 0 N–H and O–H groups in total. The molecule has 0 unspecified atom stereocenters. The number of carbonyl (C=O) groups excluding carboxylic acids is 1. The van der Waals surface area contributed by atoms with E-state index in [2.05, 4.69) is 4.74 Å². The summed E-state index contributed by atoms with van der Waals surface area (Å²) < 4.78 is 37.4. The minimum absolute atomic E-state index is 0.101. The normalized spacial score (nSPS) is 18.3. The van der Waals surface area contributed by atoms with E-state index < -0.39 is 10.0 Å². The van der Waals surface area contributed by atoms with Gasteiger partial charge in [-0.2, -0.15) is 4.31 Å². The smallest absolute Gasteiger partial charge is 0.310 e. The minimum Gasteiger partial charge on any atom is -0.497 e. The van der Waals surface area contributed by atoms with E-state index in [1.807, 2.05) is 0 Å². The Hall–Kier alpha value is -1.51. The van der Waals surface area contributed by atoms with Crippen molar-refractivity contribution in [3.63, 3.8) is 0 Å². The predicted octanol–water partition coefficient (Wildman–Crippen LogP) is 2.95. The first-order valence-corrected chi connectivity index (χ1v) is 10.5. The average molecular weight is 400 g/mol. The Balaban J connectivity index is 2.08. The molecule has 144 valence electrons. The van der Waals surface area contributed by atoms with Crippen molar-refractivity contribution >= 4 is 33.1 Å². The predicted molar refractivity (Wildman–Crippen MR) is 103 cm³/mol. The second kappa shape index (κ2) is 9.43. The fourth-order valence-electron chi connectivity index (χ4n) is 3.11. The molecule has 1 aromatic rings. The first-order chi connectivity index (χ1) is 12.4. The number of hydrogen-bond acceptors (Lipinski definition) is 6. The number of piperidine rings is 1. The van der Waals surface area contributed by atoms with E-state index in [-0.39, 0.29) is 23.3 Å². The third kappa shape index (κ3) is 5.25. The molecule has 1 fully saturated rings. The fraction of sp³-hybridized carbons (Fsp3) is 0.556. The quantitative estimate of drug-likeness (QED) is 0.494. The fourth-order valence-corrected chi connectivity index (χ4v) is 5.07. The summed E-state index contributed by atoms with van der Waals surface area (Å²) in [6, 6.07) is 6.34. The van der Waals surface area contributed by atoms with Crippen molar-refractivity contribution in [2.24, 2.45) is 0 Å². The van der Waals surface area contributed by atoms with Crippen molar-refractivity contribution in [3.8, 4) is 5.75 Å². The lowest BCUT2D eigenvalue weighted by Gasteiger charge is -2.34. The maximum Gasteiger partial charge on any atom is 0.310 e. The first kappa shape index (κ1) is 20.8. The standard InChI is InChI=1S/C18H25NO5S2/c1-23-15-7-10-17(11-8-15)26(21,22)19-12-4-3-5-14(19)6-9-16(25)13-18(20)24-2/h7-8,10-11,14H,3-6,9,12-13H2,1-2H3/t14-/m1/s1. The second-order valence-electron chi connectivity index (χ2n) is 6.27. The van der Waals surface area contributed by atoms with Crippen molar-refractivity contribution < 1.29 is 22.7 Å². The minimum atomic E-state index is -3.57. The van der Waals surface area contributed by atoms with Crippen molar-refractivity contribution in [1.29, 1.82) is 0 Å². The third-order valence-corrected chi connectivity index (χ3v) is 6.88. The van der Waals surface area contributed by atoms with Crippen LogP contribution < -0.4 is 4.74 Å². The molecule has 0 radical (unpaired) electrons. The molecule has 0 aromatic heterocycles. The highest BCUT2D eigenvalue weighted by Gasteiger charge is 2.33. The topological polar surface area (TPSA) is 72.9 Å². The number of sulfonamides is 1. The monoisotopic (exact) mass is 399 g/mol. The molecule has 0 bridgehead atoms. The van der Waals surface area contributed by atoms with E-state index in [9.17, 15) is 13.2 Å². The summed E-state index contributed by atoms with van der Waals surface area (Å²) >= 11 is 5.24. The number of benzene rings is 1. The number of esters is 1. The van der Waals surface area contributed by atoms with Crippen LogP contribution in [0.1, 0.15) is 38.5 Å². The van der Waals surface area contributed by atoms with Crippen molar-refractivity contribution in [2.45, 2.75) is 49.5 Å². The van der Waals surface area contributed by atoms with Crippen LogP contribution in [0, 0.1) is 0 Å². The number of ether oxygens (including phenoxy) is 2. The zero-order chi connectivity index (χ0) is 19.2. The molecule has 0 spiro atoms. The Morgan fingerprint density at radius 2 is 1.92 bits per heavy atom. The van der Waals surface area contributed by atoms with Crippen LogP contribution in [0.5, 0.6) is 5.75 Å². The molecule has 0 amide bonds. The van der Waals surface area contributed by atoms with E-state index in [1.165, 1.54) is 7.11 Å². The van der Waals surface area contributed by atoms with Gasteiger partial charge in [-0.1, -0.05) is 18.6 Å². The summed E-state index contributed by atoms with van der Waals surface area (Å²) in [6.45, 7) is 0.503. The van der Waals surface area contributed by atoms with Crippen LogP contribution in [-0.4, -0.2) is 50.4 Å². The number of methoxy groups -OCH3 is 2. The third-order valence-electron chi connectivity index (χ3n) is 4.56. The van der Waals surface area contributed by atoms with Crippen LogP contribution in [-0.2, 0) is 19.6 Å². The largest absolute Gasteiger partial charge is 0.497 e. The van der Waals surface area contributed by atoms with Crippen molar-refractivity contribution in [3.05, 3.63) is 24.3 Å². The molecule has 2 rings (SSSR count). The zero-order valence-electron chi connectivity index (χ0n) is 15.1. The van der Waals surface area contributed by atoms with Gasteiger partial charge < -0.3 is 9.47 Å². The number of rotatable bonds is 8. The van der Waals surface area contributed by atoms with Crippen LogP contribution in [0.2, 0.25) is 0 Å². The molecule has 6 nitrogen and oxygen atoms in total. The maximum atomic E-state index is 13.0. The summed E-state index contributed by atoms with van der Waals surface area (Å²) in [4.78, 5) is 12.2. The van der Waals surface area contributed by atoms with Gasteiger partial charge >= 0.3 is 5.97 Å². The molecular weight excluding hydrogens is 374 g/mol. The van der Waals surface area contributed by atoms with Crippen LogP contribution in [0.3, 0.4) is 0 Å². The highest BCUT2D eigenvalue weighted by Crippen LogP contribution is 2.29. The zero-order valence-corrected chi connectivity index (χ0v) is 16.8. The summed E-state index contributed by atoms with van der Waals surface area (Å²) in [6.07, 6.45) is 3.89. The van der Waals surface area contributed by atoms with Crippen molar-refractivity contribution in [1.82, 2.24) is 4.31 Å². The van der Waals surface area contributed by atoms with Crippen molar-refractivity contribution in [2.75, 3.05) is 20.8 Å². The van der Waals surface area contributed by atoms with Gasteiger partial charge in [0, 0.05) is 17.5 Å². The van der Waals surface area contributed by atoms with Gasteiger partial charge in [-0.05, 0) is 49.9 Å². The number of nitrogens with zero attached hydrogens (tertiary/aromatic N) is 1. The molecule has 1 aliphatic heterocycles. The second-order valence-corrected chi connectivity index (χ2v) is 8.74. The van der Waals surface area contributed by atoms with Gasteiger partial charge in [-0.3, -0.25) is 4.79 Å². The maximum absolute atomic E-state index is 13.0. The molecule has 26 heavy (non-hydrogen) atoms. The van der Waals surface area contributed by atoms with Gasteiger partial charge in [-0.15, -0.1) is 0 Å². The van der Waals surface area contributed by atoms with Crippen LogP contribution in [0.25, 0.3) is 0 Å². The summed E-state index contributed by atoms with van der Waals surface area (Å²) in [5.74, 6) is 0.258. The van der Waals surface area contributed by atoms with Gasteiger partial charge in [-0.25, -0.2) is 8.42 Å². The first-order valence-electron chi connectivity index (χ1n) is 8.63. The van der Waals surface area contributed by atoms with E-state index in [4.69, 9.17) is 17.0 Å². The van der Waals surface area contributed by atoms with Gasteiger partial charge in [0.2, 0.25) is 10.0 Å². The molecule has 1 saturated heterocycles. The molecule has 0 aliphatic carbocycles. The Morgan fingerprint density at radius 3 is 2.54 bits per heavy atom. The van der Waals surface area contributed by atoms with E-state index in [0.717, 1.165) is 19.3 Å². The summed E-state index contributed by atoms with van der Waals surface area (Å²) in [5.41, 5.74) is 0. The number of hydrogen-bond donors (Lipinski definition) is 0. The highest BCUT2D eigenvalue weighted by molar-refractivity contribution is 7.89. The van der Waals surface area contributed by atoms with Gasteiger partial charge in [0.25, 0.3) is 0 Å². The number of thiocarbonyl (C=S) groups is 1. The lowest BCUT2D eigenvalue weighted by molar-refractivity contribution is -0.139. The molecule has 1 aromatic carbocycles. The SMILES string of the molecule is COC(=O)CC(=S)CC[C@H]1CCCCN1S(=O)(=O)c1ccc(OC)cc1. The lowest BCUT2D eigenvalue weighted by Crippen LogP contribution is -2.43. The molecular formula is C18H25NO5S2. The van der Waals surface area contributed by atoms with Gasteiger partial charge in [0.1, 0.15) is 5.75 Å². The van der Waals surface area contributed by atoms with E-state index in [0.29, 0.717) is 30.0 Å². The Bertz CT molecular complexity index is 730. The summed E-state index contributed by atoms with van der Waals surface area (Å²) in [5, 5.41) is 0. The molecule has 8 heteroatoms. The van der Waals surface area contributed by atoms with Gasteiger partial charge in [0.15, 0.2) is 0 Å². The molecule has 1 heterocycles. The molecule has 0 saturated carbocycles. The van der Waals surface area contributed by atoms with Crippen LogP contribution >= 0.6 is 12.2 Å². The van der Waals surface area contributed by atoms with E-state index in [1.54, 1.807) is 35.7 Å². The lowest BCUT2D eigenvalue weighted by atomic mass is 9.99. The average Bonchev–Trinajstić information content (AvgIpc) is 2.66. The Kier molecular flexibility index (Phi) is 7.55. The van der Waals surface area contributed by atoms with Gasteiger partial charge in [0.05, 0.1) is 25.5 Å². The highest BCUT2D eigenvalue weighted by atomic mass is 32.2. The number of carbonyl (C=O) groups is 1.